The predicted octanol–water partition coefficient (Wildman–Crippen LogP) is 2.31. The first-order valence-electron chi connectivity index (χ1n) is 7.15. The van der Waals surface area contributed by atoms with Gasteiger partial charge in [0.2, 0.25) is 0 Å². The largest absolute Gasteiger partial charge is 0.600 e. The maximum Gasteiger partial charge on any atom is 0.430 e. The zero-order chi connectivity index (χ0) is 16.9. The lowest BCUT2D eigenvalue weighted by Crippen LogP contribution is -2.24. The fraction of sp³-hybridized carbons (Fsp3) is 0.533. The second kappa shape index (κ2) is 7.49. The zero-order valence-corrected chi connectivity index (χ0v) is 14.3. The molecule has 0 heterocycles. The molecule has 0 saturated carbocycles. The summed E-state index contributed by atoms with van der Waals surface area (Å²) in [6, 6.07) is 5.45. The van der Waals surface area contributed by atoms with Gasteiger partial charge in [-0.25, -0.2) is 0 Å². The van der Waals surface area contributed by atoms with Crippen molar-refractivity contribution in [3.63, 3.8) is 0 Å². The first kappa shape index (κ1) is 18.3. The van der Waals surface area contributed by atoms with Crippen molar-refractivity contribution in [3.05, 3.63) is 29.3 Å². The van der Waals surface area contributed by atoms with Gasteiger partial charge >= 0.3 is 10.3 Å². The minimum absolute atomic E-state index is 0.0394. The second-order valence-corrected chi connectivity index (χ2v) is 6.58. The molecule has 124 valence electrons. The number of benzene rings is 1. The molecule has 1 rings (SSSR count). The summed E-state index contributed by atoms with van der Waals surface area (Å²) >= 11 is 0. The third-order valence-electron chi connectivity index (χ3n) is 2.96. The molecule has 0 spiro atoms. The van der Waals surface area contributed by atoms with E-state index in [2.05, 4.69) is 9.13 Å². The molecule has 0 aromatic heterocycles. The number of nitrogens with zero attached hydrogens (tertiary/aromatic N) is 1. The van der Waals surface area contributed by atoms with Crippen LogP contribution in [0.2, 0.25) is 0 Å². The van der Waals surface area contributed by atoms with Crippen molar-refractivity contribution in [2.75, 3.05) is 6.61 Å². The number of rotatable bonds is 6. The smallest absolute Gasteiger partial charge is 0.430 e. The molecule has 0 aliphatic heterocycles. The van der Waals surface area contributed by atoms with E-state index in [1.807, 2.05) is 33.8 Å². The summed E-state index contributed by atoms with van der Waals surface area (Å²) in [5.74, 6) is 0.360. The predicted molar refractivity (Wildman–Crippen MR) is 83.2 cm³/mol. The van der Waals surface area contributed by atoms with Gasteiger partial charge in [0.25, 0.3) is 0 Å². The van der Waals surface area contributed by atoms with Crippen LogP contribution < -0.4 is 9.29 Å². The number of ether oxygens (including phenoxy) is 1. The highest BCUT2D eigenvalue weighted by Gasteiger charge is 2.21. The Morgan fingerprint density at radius 3 is 2.09 bits per heavy atom. The van der Waals surface area contributed by atoms with Gasteiger partial charge in [0.15, 0.2) is 11.8 Å². The Hall–Kier alpha value is -1.76. The summed E-state index contributed by atoms with van der Waals surface area (Å²) in [5, 5.41) is 11.2. The topological polar surface area (TPSA) is 88.0 Å². The highest BCUT2D eigenvalue weighted by molar-refractivity contribution is 7.85. The maximum absolute atomic E-state index is 11.9. The minimum atomic E-state index is -4.42. The quantitative estimate of drug-likeness (QED) is 0.590. The van der Waals surface area contributed by atoms with Crippen molar-refractivity contribution in [2.24, 2.45) is 4.40 Å². The van der Waals surface area contributed by atoms with Crippen LogP contribution in [0.1, 0.15) is 57.6 Å². The molecule has 6 nitrogen and oxygen atoms in total. The summed E-state index contributed by atoms with van der Waals surface area (Å²) in [4.78, 5) is 0. The minimum Gasteiger partial charge on any atom is -0.600 e. The molecular formula is C15H22NO5S-. The molecule has 22 heavy (non-hydrogen) atoms. The standard InChI is InChI=1S/C15H23NO5S/c1-6-20-15(17)16-22(18,19)21-14-12(10(2)3)8-7-9-13(14)11(4)5/h7-11H,6H2,1-5H3,(H,16,17)/p-1. The van der Waals surface area contributed by atoms with Gasteiger partial charge in [-0.1, -0.05) is 52.8 Å². The summed E-state index contributed by atoms with van der Waals surface area (Å²) < 4.78 is 36.5. The van der Waals surface area contributed by atoms with Gasteiger partial charge in [-0.2, -0.15) is 8.42 Å². The summed E-state index contributed by atoms with van der Waals surface area (Å²) in [6.07, 6.45) is -1.18. The van der Waals surface area contributed by atoms with Crippen LogP contribution in [0.5, 0.6) is 5.75 Å². The molecule has 1 aromatic rings. The van der Waals surface area contributed by atoms with Gasteiger partial charge < -0.3 is 14.0 Å². The van der Waals surface area contributed by atoms with Crippen LogP contribution in [-0.4, -0.2) is 21.1 Å². The van der Waals surface area contributed by atoms with E-state index in [1.54, 1.807) is 19.1 Å². The van der Waals surface area contributed by atoms with Crippen LogP contribution in [-0.2, 0) is 15.0 Å². The van der Waals surface area contributed by atoms with E-state index in [0.717, 1.165) is 11.1 Å². The van der Waals surface area contributed by atoms with Crippen LogP contribution in [0.3, 0.4) is 0 Å². The van der Waals surface area contributed by atoms with E-state index in [9.17, 15) is 13.5 Å². The average Bonchev–Trinajstić information content (AvgIpc) is 2.37. The molecule has 0 aliphatic carbocycles. The zero-order valence-electron chi connectivity index (χ0n) is 13.5. The van der Waals surface area contributed by atoms with E-state index < -0.39 is 16.4 Å². The van der Waals surface area contributed by atoms with Crippen LogP contribution in [0.15, 0.2) is 22.6 Å². The molecule has 7 heteroatoms. The van der Waals surface area contributed by atoms with Crippen molar-refractivity contribution in [1.29, 1.82) is 0 Å². The van der Waals surface area contributed by atoms with Gasteiger partial charge in [0, 0.05) is 0 Å². The van der Waals surface area contributed by atoms with E-state index in [-0.39, 0.29) is 24.2 Å². The summed E-state index contributed by atoms with van der Waals surface area (Å²) in [7, 11) is -4.42. The molecule has 0 amide bonds. The normalized spacial score (nSPS) is 12.8. The van der Waals surface area contributed by atoms with E-state index in [0.29, 0.717) is 0 Å². The van der Waals surface area contributed by atoms with Crippen molar-refractivity contribution in [1.82, 2.24) is 0 Å². The number of hydrogen-bond donors (Lipinski definition) is 0. The fourth-order valence-electron chi connectivity index (χ4n) is 1.94. The number of hydrogen-bond acceptors (Lipinski definition) is 5. The second-order valence-electron chi connectivity index (χ2n) is 5.38. The molecule has 0 aliphatic rings. The van der Waals surface area contributed by atoms with Crippen molar-refractivity contribution < 1.29 is 22.4 Å². The maximum atomic E-state index is 11.9. The first-order chi connectivity index (χ1) is 10.2. The average molecular weight is 328 g/mol. The highest BCUT2D eigenvalue weighted by Crippen LogP contribution is 2.35. The van der Waals surface area contributed by atoms with Crippen LogP contribution in [0, 0.1) is 0 Å². The van der Waals surface area contributed by atoms with Crippen LogP contribution >= 0.6 is 0 Å². The SMILES string of the molecule is CCO/C([O-])=N/S(=O)(=O)Oc1c(C(C)C)cccc1C(C)C. The van der Waals surface area contributed by atoms with Crippen LogP contribution in [0.25, 0.3) is 0 Å². The van der Waals surface area contributed by atoms with Crippen molar-refractivity contribution in [2.45, 2.75) is 46.5 Å². The molecule has 0 unspecified atom stereocenters. The van der Waals surface area contributed by atoms with Gasteiger partial charge in [0.05, 0.1) is 0 Å². The summed E-state index contributed by atoms with van der Waals surface area (Å²) in [5.41, 5.74) is 1.49. The Bertz CT molecular complexity index is 609. The van der Waals surface area contributed by atoms with Gasteiger partial charge in [-0.15, -0.1) is 4.40 Å². The van der Waals surface area contributed by atoms with Gasteiger partial charge in [-0.3, -0.25) is 0 Å². The van der Waals surface area contributed by atoms with E-state index >= 15 is 0 Å². The first-order valence-corrected chi connectivity index (χ1v) is 8.51. The summed E-state index contributed by atoms with van der Waals surface area (Å²) in [6.45, 7) is 9.33. The molecule has 0 radical (unpaired) electrons. The molecular weight excluding hydrogens is 306 g/mol. The van der Waals surface area contributed by atoms with Crippen molar-refractivity contribution >= 4 is 16.4 Å². The Balaban J connectivity index is 3.29. The lowest BCUT2D eigenvalue weighted by Gasteiger charge is -2.18. The Morgan fingerprint density at radius 2 is 1.68 bits per heavy atom. The Labute approximate surface area is 132 Å². The van der Waals surface area contributed by atoms with Crippen molar-refractivity contribution in [3.8, 4) is 5.75 Å². The third-order valence-corrected chi connectivity index (χ3v) is 3.71. The Morgan fingerprint density at radius 1 is 1.18 bits per heavy atom. The lowest BCUT2D eigenvalue weighted by molar-refractivity contribution is -0.249. The third kappa shape index (κ3) is 4.91. The fourth-order valence-corrected chi connectivity index (χ4v) is 2.62. The van der Waals surface area contributed by atoms with Gasteiger partial charge in [-0.05, 0) is 29.6 Å². The monoisotopic (exact) mass is 328 g/mol. The molecule has 0 N–H and O–H groups in total. The van der Waals surface area contributed by atoms with E-state index in [1.165, 1.54) is 0 Å². The molecule has 1 aromatic carbocycles. The Kier molecular flexibility index (Phi) is 6.22. The number of para-hydroxylation sites is 1. The van der Waals surface area contributed by atoms with E-state index in [4.69, 9.17) is 4.18 Å². The lowest BCUT2D eigenvalue weighted by atomic mass is 9.94. The molecule has 0 fully saturated rings. The molecule has 0 saturated heterocycles. The highest BCUT2D eigenvalue weighted by atomic mass is 32.2. The van der Waals surface area contributed by atoms with Gasteiger partial charge in [0.1, 0.15) is 0 Å². The van der Waals surface area contributed by atoms with Crippen LogP contribution in [0.4, 0.5) is 0 Å². The molecule has 0 bridgehead atoms. The molecule has 0 atom stereocenters.